The van der Waals surface area contributed by atoms with Crippen LogP contribution in [0.3, 0.4) is 0 Å². The first kappa shape index (κ1) is 29.6. The van der Waals surface area contributed by atoms with E-state index in [1.54, 1.807) is 18.3 Å². The largest absolute Gasteiger partial charge is 0.418 e. The number of nitrogens with zero attached hydrogens (tertiary/aromatic N) is 8. The summed E-state index contributed by atoms with van der Waals surface area (Å²) in [5.74, 6) is 0.731. The molecule has 0 radical (unpaired) electrons. The average Bonchev–Trinajstić information content (AvgIpc) is 3.40. The number of benzene rings is 2. The second-order valence-corrected chi connectivity index (χ2v) is 12.7. The molecule has 2 fully saturated rings. The van der Waals surface area contributed by atoms with Gasteiger partial charge < -0.3 is 14.7 Å². The molecule has 0 amide bonds. The Morgan fingerprint density at radius 3 is 2.16 bits per heavy atom. The minimum Gasteiger partial charge on any atom is -0.371 e. The molecule has 0 spiro atoms. The van der Waals surface area contributed by atoms with E-state index in [1.165, 1.54) is 6.07 Å². The van der Waals surface area contributed by atoms with Gasteiger partial charge in [-0.3, -0.25) is 14.3 Å². The molecule has 8 nitrogen and oxygen atoms in total. The zero-order valence-corrected chi connectivity index (χ0v) is 25.8. The summed E-state index contributed by atoms with van der Waals surface area (Å²) in [6.07, 6.45) is -1.09. The maximum Gasteiger partial charge on any atom is 0.418 e. The highest BCUT2D eigenvalue weighted by molar-refractivity contribution is 5.85. The van der Waals surface area contributed by atoms with Gasteiger partial charge in [0.1, 0.15) is 0 Å². The Kier molecular flexibility index (Phi) is 7.75. The molecule has 0 bridgehead atoms. The van der Waals surface area contributed by atoms with Crippen LogP contribution in [-0.4, -0.2) is 93.8 Å². The van der Waals surface area contributed by atoms with E-state index in [1.807, 2.05) is 41.6 Å². The Balaban J connectivity index is 1.38. The second kappa shape index (κ2) is 11.2. The van der Waals surface area contributed by atoms with Crippen LogP contribution in [0.15, 0.2) is 42.6 Å². The predicted molar refractivity (Wildman–Crippen MR) is 166 cm³/mol. The van der Waals surface area contributed by atoms with E-state index in [2.05, 4.69) is 57.6 Å². The van der Waals surface area contributed by atoms with Crippen LogP contribution in [0.4, 0.5) is 24.8 Å². The Morgan fingerprint density at radius 1 is 0.884 bits per heavy atom. The number of piperazine rings is 1. The Morgan fingerprint density at radius 2 is 1.53 bits per heavy atom. The number of hydrogen-bond donors (Lipinski definition) is 0. The fourth-order valence-corrected chi connectivity index (χ4v) is 7.28. The monoisotopic (exact) mass is 594 g/mol. The SMILES string of the molecule is CC(C)N1C(C)CN(c2nnc3cnc4ccc(-c5ccc(N6CCC(N(C)C)CC6)c(C(F)(F)F)c5)cc4n23)C[C@@H]1C. The van der Waals surface area contributed by atoms with Crippen molar-refractivity contribution in [3.8, 4) is 11.1 Å². The molecule has 11 heteroatoms. The van der Waals surface area contributed by atoms with Crippen molar-refractivity contribution >= 4 is 28.3 Å². The summed E-state index contributed by atoms with van der Waals surface area (Å²) in [7, 11) is 4.06. The first-order valence-corrected chi connectivity index (χ1v) is 15.2. The molecule has 6 rings (SSSR count). The topological polar surface area (TPSA) is 56.0 Å². The molecule has 43 heavy (non-hydrogen) atoms. The van der Waals surface area contributed by atoms with Crippen molar-refractivity contribution in [3.05, 3.63) is 48.2 Å². The van der Waals surface area contributed by atoms with Crippen molar-refractivity contribution in [2.45, 2.75) is 70.9 Å². The third kappa shape index (κ3) is 5.53. The fourth-order valence-electron chi connectivity index (χ4n) is 7.28. The molecule has 1 unspecified atom stereocenters. The highest BCUT2D eigenvalue weighted by Gasteiger charge is 2.37. The second-order valence-electron chi connectivity index (χ2n) is 12.7. The number of halogens is 3. The van der Waals surface area contributed by atoms with E-state index in [-0.39, 0.29) is 5.69 Å². The van der Waals surface area contributed by atoms with Gasteiger partial charge in [-0.05, 0) is 90.0 Å². The summed E-state index contributed by atoms with van der Waals surface area (Å²) in [6.45, 7) is 11.7. The summed E-state index contributed by atoms with van der Waals surface area (Å²) in [5.41, 5.74) is 2.97. The van der Waals surface area contributed by atoms with Crippen molar-refractivity contribution in [2.75, 3.05) is 50.1 Å². The Hall–Kier alpha value is -3.44. The van der Waals surface area contributed by atoms with Crippen LogP contribution in [0.5, 0.6) is 0 Å². The first-order chi connectivity index (χ1) is 20.4. The number of hydrogen-bond acceptors (Lipinski definition) is 7. The smallest absolute Gasteiger partial charge is 0.371 e. The lowest BCUT2D eigenvalue weighted by Gasteiger charge is -2.46. The molecule has 4 aromatic rings. The van der Waals surface area contributed by atoms with Crippen molar-refractivity contribution in [2.24, 2.45) is 0 Å². The van der Waals surface area contributed by atoms with Crippen molar-refractivity contribution < 1.29 is 13.2 Å². The van der Waals surface area contributed by atoms with Crippen LogP contribution in [0, 0.1) is 0 Å². The van der Waals surface area contributed by atoms with Crippen LogP contribution < -0.4 is 9.80 Å². The third-order valence-electron chi connectivity index (χ3n) is 9.24. The van der Waals surface area contributed by atoms with Crippen LogP contribution in [0.2, 0.25) is 0 Å². The number of anilines is 2. The maximum absolute atomic E-state index is 14.4. The lowest BCUT2D eigenvalue weighted by molar-refractivity contribution is -0.137. The molecule has 0 aliphatic carbocycles. The molecule has 2 aromatic heterocycles. The highest BCUT2D eigenvalue weighted by atomic mass is 19.4. The predicted octanol–water partition coefficient (Wildman–Crippen LogP) is 5.80. The van der Waals surface area contributed by atoms with Gasteiger partial charge in [0.25, 0.3) is 0 Å². The standard InChI is InChI=1S/C32H41F3N8/c1-20(2)42-21(3)18-41(19-22(42)4)31-38-37-30-17-36-27-9-7-24(16-29(27)43(30)31)23-8-10-28(26(15-23)32(33,34)35)40-13-11-25(12-14-40)39(5)6/h7-10,15-17,20-22,25H,11-14,18-19H2,1-6H3/t21-,22?/m0/s1. The number of fused-ring (bicyclic) bond motifs is 3. The molecule has 2 saturated heterocycles. The molecule has 2 atom stereocenters. The molecular weight excluding hydrogens is 553 g/mol. The molecule has 0 saturated carbocycles. The van der Waals surface area contributed by atoms with Crippen LogP contribution >= 0.6 is 0 Å². The maximum atomic E-state index is 14.4. The van der Waals surface area contributed by atoms with Crippen LogP contribution in [0.25, 0.3) is 27.8 Å². The van der Waals surface area contributed by atoms with Gasteiger partial charge in [0.2, 0.25) is 5.95 Å². The fraction of sp³-hybridized carbons (Fsp3) is 0.531. The first-order valence-electron chi connectivity index (χ1n) is 15.2. The quantitative estimate of drug-likeness (QED) is 0.290. The van der Waals surface area contributed by atoms with E-state index >= 15 is 0 Å². The van der Waals surface area contributed by atoms with Gasteiger partial charge in [0.05, 0.1) is 22.8 Å². The van der Waals surface area contributed by atoms with Gasteiger partial charge in [0.15, 0.2) is 5.65 Å². The minimum atomic E-state index is -4.47. The van der Waals surface area contributed by atoms with Gasteiger partial charge in [-0.25, -0.2) is 0 Å². The third-order valence-corrected chi connectivity index (χ3v) is 9.24. The van der Waals surface area contributed by atoms with Crippen LogP contribution in [-0.2, 0) is 6.18 Å². The number of piperidine rings is 1. The number of aromatic nitrogens is 4. The van der Waals surface area contributed by atoms with Gasteiger partial charge in [-0.15, -0.1) is 10.2 Å². The molecule has 2 aromatic carbocycles. The lowest BCUT2D eigenvalue weighted by Crippen LogP contribution is -2.59. The zero-order valence-electron chi connectivity index (χ0n) is 25.8. The lowest BCUT2D eigenvalue weighted by atomic mass is 9.98. The molecule has 2 aliphatic rings. The summed E-state index contributed by atoms with van der Waals surface area (Å²) >= 11 is 0. The van der Waals surface area contributed by atoms with Crippen LogP contribution in [0.1, 0.15) is 46.1 Å². The van der Waals surface area contributed by atoms with Crippen molar-refractivity contribution in [3.63, 3.8) is 0 Å². The highest BCUT2D eigenvalue weighted by Crippen LogP contribution is 2.40. The summed E-state index contributed by atoms with van der Waals surface area (Å²) in [6, 6.07) is 11.8. The number of rotatable bonds is 5. The Bertz CT molecular complexity index is 1590. The normalized spacial score (nSPS) is 21.2. The molecule has 4 heterocycles. The minimum absolute atomic E-state index is 0.253. The van der Waals surface area contributed by atoms with E-state index in [4.69, 9.17) is 0 Å². The van der Waals surface area contributed by atoms with Crippen molar-refractivity contribution in [1.29, 1.82) is 0 Å². The van der Waals surface area contributed by atoms with E-state index < -0.39 is 11.7 Å². The average molecular weight is 595 g/mol. The van der Waals surface area contributed by atoms with Gasteiger partial charge in [-0.1, -0.05) is 12.1 Å². The van der Waals surface area contributed by atoms with E-state index in [0.29, 0.717) is 54.0 Å². The van der Waals surface area contributed by atoms with E-state index in [0.717, 1.165) is 42.9 Å². The van der Waals surface area contributed by atoms with Gasteiger partial charge >= 0.3 is 6.18 Å². The molecule has 230 valence electrons. The summed E-state index contributed by atoms with van der Waals surface area (Å²) in [4.78, 5) is 13.4. The summed E-state index contributed by atoms with van der Waals surface area (Å²) in [5, 5.41) is 8.97. The van der Waals surface area contributed by atoms with Crippen molar-refractivity contribution in [1.82, 2.24) is 29.4 Å². The molecule has 2 aliphatic heterocycles. The van der Waals surface area contributed by atoms with Gasteiger partial charge in [-0.2, -0.15) is 13.2 Å². The van der Waals surface area contributed by atoms with Gasteiger partial charge in [0, 0.05) is 56.0 Å². The summed E-state index contributed by atoms with van der Waals surface area (Å²) < 4.78 is 45.3. The van der Waals surface area contributed by atoms with E-state index in [9.17, 15) is 13.2 Å². The molecule has 0 N–H and O–H groups in total. The zero-order chi connectivity index (χ0) is 30.6. The molecular formula is C32H41F3N8. The number of alkyl halides is 3. The Labute approximate surface area is 251 Å².